The Bertz CT molecular complexity index is 468. The molecule has 0 aliphatic carbocycles. The van der Waals surface area contributed by atoms with Crippen LogP contribution in [0.5, 0.6) is 5.75 Å². The van der Waals surface area contributed by atoms with Gasteiger partial charge in [-0.1, -0.05) is 30.3 Å². The van der Waals surface area contributed by atoms with Crippen LogP contribution in [0.25, 0.3) is 0 Å². The molecular weight excluding hydrogens is 231 g/mol. The second-order valence-electron chi connectivity index (χ2n) is 4.06. The van der Waals surface area contributed by atoms with Crippen LogP contribution in [0.15, 0.2) is 54.6 Å². The molecule has 0 amide bonds. The fraction of sp³-hybridized carbons (Fsp3) is 0.200. The van der Waals surface area contributed by atoms with E-state index in [2.05, 4.69) is 0 Å². The first kappa shape index (κ1) is 12.6. The van der Waals surface area contributed by atoms with Gasteiger partial charge in [0, 0.05) is 5.92 Å². The molecule has 2 nitrogen and oxygen atoms in total. The SMILES string of the molecule is OCC(COc1ccc(F)cc1)c1ccccc1. The molecule has 2 aromatic rings. The zero-order valence-corrected chi connectivity index (χ0v) is 9.92. The van der Waals surface area contributed by atoms with Crippen LogP contribution in [-0.2, 0) is 0 Å². The van der Waals surface area contributed by atoms with Crippen LogP contribution in [-0.4, -0.2) is 18.3 Å². The Morgan fingerprint density at radius 2 is 1.67 bits per heavy atom. The van der Waals surface area contributed by atoms with Gasteiger partial charge in [0.15, 0.2) is 0 Å². The summed E-state index contributed by atoms with van der Waals surface area (Å²) in [5, 5.41) is 9.36. The lowest BCUT2D eigenvalue weighted by Gasteiger charge is -2.15. The first-order valence-electron chi connectivity index (χ1n) is 5.84. The van der Waals surface area contributed by atoms with E-state index in [0.29, 0.717) is 12.4 Å². The Balaban J connectivity index is 1.97. The van der Waals surface area contributed by atoms with Gasteiger partial charge in [-0.05, 0) is 29.8 Å². The summed E-state index contributed by atoms with van der Waals surface area (Å²) in [6.07, 6.45) is 0. The number of rotatable bonds is 5. The monoisotopic (exact) mass is 246 g/mol. The molecule has 0 bridgehead atoms. The van der Waals surface area contributed by atoms with Gasteiger partial charge in [-0.15, -0.1) is 0 Å². The fourth-order valence-electron chi connectivity index (χ4n) is 1.71. The smallest absolute Gasteiger partial charge is 0.123 e. The molecule has 0 fully saturated rings. The van der Waals surface area contributed by atoms with Gasteiger partial charge in [-0.2, -0.15) is 0 Å². The van der Waals surface area contributed by atoms with Crippen molar-refractivity contribution in [1.29, 1.82) is 0 Å². The minimum Gasteiger partial charge on any atom is -0.493 e. The Kier molecular flexibility index (Phi) is 4.31. The second kappa shape index (κ2) is 6.17. The molecule has 2 rings (SSSR count). The maximum absolute atomic E-state index is 12.7. The quantitative estimate of drug-likeness (QED) is 0.878. The Hall–Kier alpha value is -1.87. The molecule has 0 aromatic heterocycles. The highest BCUT2D eigenvalue weighted by Crippen LogP contribution is 2.18. The number of ether oxygens (including phenoxy) is 1. The molecule has 1 unspecified atom stereocenters. The summed E-state index contributed by atoms with van der Waals surface area (Å²) in [5.41, 5.74) is 1.03. The standard InChI is InChI=1S/C15H15FO2/c16-14-6-8-15(9-7-14)18-11-13(10-17)12-4-2-1-3-5-12/h1-9,13,17H,10-11H2. The van der Waals surface area contributed by atoms with Crippen LogP contribution in [0.3, 0.4) is 0 Å². The molecular formula is C15H15FO2. The van der Waals surface area contributed by atoms with Crippen molar-refractivity contribution >= 4 is 0 Å². The Labute approximate surface area is 106 Å². The highest BCUT2D eigenvalue weighted by molar-refractivity contribution is 5.23. The summed E-state index contributed by atoms with van der Waals surface area (Å²) < 4.78 is 18.3. The van der Waals surface area contributed by atoms with Gasteiger partial charge < -0.3 is 9.84 Å². The molecule has 2 aromatic carbocycles. The number of aliphatic hydroxyl groups excluding tert-OH is 1. The van der Waals surface area contributed by atoms with Gasteiger partial charge in [0.05, 0.1) is 13.2 Å². The topological polar surface area (TPSA) is 29.5 Å². The molecule has 3 heteroatoms. The normalized spacial score (nSPS) is 12.1. The van der Waals surface area contributed by atoms with E-state index in [1.54, 1.807) is 12.1 Å². The van der Waals surface area contributed by atoms with Crippen LogP contribution < -0.4 is 4.74 Å². The van der Waals surface area contributed by atoms with Gasteiger partial charge in [0.25, 0.3) is 0 Å². The summed E-state index contributed by atoms with van der Waals surface area (Å²) in [6.45, 7) is 0.386. The average molecular weight is 246 g/mol. The fourth-order valence-corrected chi connectivity index (χ4v) is 1.71. The summed E-state index contributed by atoms with van der Waals surface area (Å²) in [4.78, 5) is 0. The van der Waals surface area contributed by atoms with E-state index >= 15 is 0 Å². The summed E-state index contributed by atoms with van der Waals surface area (Å²) in [5.74, 6) is 0.242. The van der Waals surface area contributed by atoms with E-state index in [1.807, 2.05) is 30.3 Å². The van der Waals surface area contributed by atoms with Crippen LogP contribution in [0.1, 0.15) is 11.5 Å². The number of benzene rings is 2. The van der Waals surface area contributed by atoms with Gasteiger partial charge >= 0.3 is 0 Å². The van der Waals surface area contributed by atoms with Crippen molar-refractivity contribution in [2.24, 2.45) is 0 Å². The largest absolute Gasteiger partial charge is 0.493 e. The minimum atomic E-state index is -0.288. The van der Waals surface area contributed by atoms with E-state index in [4.69, 9.17) is 4.74 Å². The molecule has 0 aliphatic rings. The van der Waals surface area contributed by atoms with Crippen molar-refractivity contribution in [1.82, 2.24) is 0 Å². The zero-order chi connectivity index (χ0) is 12.8. The molecule has 18 heavy (non-hydrogen) atoms. The van der Waals surface area contributed by atoms with Crippen LogP contribution >= 0.6 is 0 Å². The van der Waals surface area contributed by atoms with E-state index in [-0.39, 0.29) is 18.3 Å². The predicted molar refractivity (Wildman–Crippen MR) is 68.2 cm³/mol. The summed E-state index contributed by atoms with van der Waals surface area (Å²) in [6, 6.07) is 15.6. The number of aliphatic hydroxyl groups is 1. The predicted octanol–water partition coefficient (Wildman–Crippen LogP) is 2.98. The molecule has 1 N–H and O–H groups in total. The summed E-state index contributed by atoms with van der Waals surface area (Å²) >= 11 is 0. The third kappa shape index (κ3) is 3.31. The maximum Gasteiger partial charge on any atom is 0.123 e. The van der Waals surface area contributed by atoms with Crippen molar-refractivity contribution in [2.75, 3.05) is 13.2 Å². The van der Waals surface area contributed by atoms with Gasteiger partial charge in [-0.25, -0.2) is 4.39 Å². The second-order valence-corrected chi connectivity index (χ2v) is 4.06. The van der Waals surface area contributed by atoms with Crippen LogP contribution in [0.2, 0.25) is 0 Å². The van der Waals surface area contributed by atoms with E-state index in [9.17, 15) is 9.50 Å². The number of hydrogen-bond donors (Lipinski definition) is 1. The van der Waals surface area contributed by atoms with Crippen molar-refractivity contribution in [3.63, 3.8) is 0 Å². The molecule has 0 spiro atoms. The van der Waals surface area contributed by atoms with Gasteiger partial charge in [0.1, 0.15) is 11.6 Å². The average Bonchev–Trinajstić information content (AvgIpc) is 2.43. The summed E-state index contributed by atoms with van der Waals surface area (Å²) in [7, 11) is 0. The molecule has 0 aliphatic heterocycles. The maximum atomic E-state index is 12.7. The Morgan fingerprint density at radius 1 is 1.00 bits per heavy atom. The molecule has 1 atom stereocenters. The minimum absolute atomic E-state index is 0.0191. The van der Waals surface area contributed by atoms with Crippen LogP contribution in [0, 0.1) is 5.82 Å². The van der Waals surface area contributed by atoms with E-state index in [1.165, 1.54) is 12.1 Å². The number of hydrogen-bond acceptors (Lipinski definition) is 2. The molecule has 0 saturated heterocycles. The van der Waals surface area contributed by atoms with Crippen molar-refractivity contribution in [2.45, 2.75) is 5.92 Å². The molecule has 94 valence electrons. The lowest BCUT2D eigenvalue weighted by atomic mass is 10.0. The highest BCUT2D eigenvalue weighted by atomic mass is 19.1. The highest BCUT2D eigenvalue weighted by Gasteiger charge is 2.10. The first-order valence-corrected chi connectivity index (χ1v) is 5.84. The number of halogens is 1. The van der Waals surface area contributed by atoms with Crippen molar-refractivity contribution in [3.8, 4) is 5.75 Å². The molecule has 0 radical (unpaired) electrons. The third-order valence-corrected chi connectivity index (χ3v) is 2.76. The third-order valence-electron chi connectivity index (χ3n) is 2.76. The Morgan fingerprint density at radius 3 is 2.28 bits per heavy atom. The van der Waals surface area contributed by atoms with Gasteiger partial charge in [-0.3, -0.25) is 0 Å². The van der Waals surface area contributed by atoms with Crippen LogP contribution in [0.4, 0.5) is 4.39 Å². The van der Waals surface area contributed by atoms with Crippen molar-refractivity contribution < 1.29 is 14.2 Å². The zero-order valence-electron chi connectivity index (χ0n) is 9.92. The lowest BCUT2D eigenvalue weighted by Crippen LogP contribution is -2.14. The van der Waals surface area contributed by atoms with Gasteiger partial charge in [0.2, 0.25) is 0 Å². The molecule has 0 saturated carbocycles. The molecule has 0 heterocycles. The van der Waals surface area contributed by atoms with E-state index < -0.39 is 0 Å². The van der Waals surface area contributed by atoms with Crippen molar-refractivity contribution in [3.05, 3.63) is 66.0 Å². The van der Waals surface area contributed by atoms with E-state index in [0.717, 1.165) is 5.56 Å². The lowest BCUT2D eigenvalue weighted by molar-refractivity contribution is 0.205. The first-order chi connectivity index (χ1) is 8.79.